The number of rotatable bonds is 22. The van der Waals surface area contributed by atoms with E-state index < -0.39 is 0 Å². The first-order chi connectivity index (χ1) is 12.4. The highest BCUT2D eigenvalue weighted by Crippen LogP contribution is 2.15. The van der Waals surface area contributed by atoms with E-state index in [9.17, 15) is 0 Å². The summed E-state index contributed by atoms with van der Waals surface area (Å²) in [4.78, 5) is 0. The lowest BCUT2D eigenvalue weighted by Crippen LogP contribution is -1.84. The van der Waals surface area contributed by atoms with E-state index in [0.29, 0.717) is 0 Å². The molecule has 25 heavy (non-hydrogen) atoms. The Morgan fingerprint density at radius 2 is 0.520 bits per heavy atom. The lowest BCUT2D eigenvalue weighted by atomic mass is 10.0. The molecule has 0 fully saturated rings. The fourth-order valence-corrected chi connectivity index (χ4v) is 3.75. The molecule has 0 aromatic heterocycles. The van der Waals surface area contributed by atoms with Crippen LogP contribution in [0.2, 0.25) is 0 Å². The molecule has 0 amide bonds. The number of hydrogen-bond acceptors (Lipinski definition) is 0. The van der Waals surface area contributed by atoms with E-state index in [1.807, 2.05) is 0 Å². The third kappa shape index (κ3) is 24.0. The van der Waals surface area contributed by atoms with Crippen LogP contribution in [0.15, 0.2) is 0 Å². The van der Waals surface area contributed by atoms with Gasteiger partial charge in [0.2, 0.25) is 0 Å². The maximum absolute atomic E-state index is 5.51. The van der Waals surface area contributed by atoms with Crippen LogP contribution < -0.4 is 0 Å². The van der Waals surface area contributed by atoms with Crippen molar-refractivity contribution < 1.29 is 0 Å². The molecular formula is C25H50. The molecule has 0 spiro atoms. The van der Waals surface area contributed by atoms with Crippen molar-refractivity contribution in [3.63, 3.8) is 0 Å². The van der Waals surface area contributed by atoms with Crippen molar-refractivity contribution in [2.24, 2.45) is 0 Å². The molecule has 150 valence electrons. The number of unbranched alkanes of at least 4 members (excludes halogenated alkanes) is 22. The molecule has 0 aromatic rings. The lowest BCUT2D eigenvalue weighted by Gasteiger charge is -2.04. The van der Waals surface area contributed by atoms with Crippen molar-refractivity contribution in [1.29, 1.82) is 0 Å². The van der Waals surface area contributed by atoms with Gasteiger partial charge in [0.15, 0.2) is 0 Å². The highest BCUT2D eigenvalue weighted by atomic mass is 14.0. The van der Waals surface area contributed by atoms with Crippen LogP contribution in [0, 0.1) is 6.92 Å². The van der Waals surface area contributed by atoms with E-state index in [1.54, 1.807) is 0 Å². The topological polar surface area (TPSA) is 0 Å². The van der Waals surface area contributed by atoms with Crippen LogP contribution in [-0.2, 0) is 0 Å². The average molecular weight is 351 g/mol. The highest BCUT2D eigenvalue weighted by Gasteiger charge is 1.95. The molecule has 0 N–H and O–H groups in total. The monoisotopic (exact) mass is 350 g/mol. The number of hydrogen-bond donors (Lipinski definition) is 0. The average Bonchev–Trinajstić information content (AvgIpc) is 2.63. The van der Waals surface area contributed by atoms with Gasteiger partial charge in [-0.2, -0.15) is 0 Å². The maximum Gasteiger partial charge on any atom is -0.0352 e. The zero-order chi connectivity index (χ0) is 18.3. The molecule has 0 heterocycles. The molecule has 0 aromatic carbocycles. The van der Waals surface area contributed by atoms with Gasteiger partial charge in [-0.05, 0) is 13.3 Å². The Morgan fingerprint density at radius 1 is 0.320 bits per heavy atom. The molecule has 2 radical (unpaired) electrons. The normalized spacial score (nSPS) is 11.3. The summed E-state index contributed by atoms with van der Waals surface area (Å²) in [5.74, 6) is 0. The summed E-state index contributed by atoms with van der Waals surface area (Å²) < 4.78 is 0. The molecule has 0 bridgehead atoms. The molecule has 0 aliphatic carbocycles. The van der Waals surface area contributed by atoms with Gasteiger partial charge in [0.05, 0.1) is 0 Å². The van der Waals surface area contributed by atoms with Gasteiger partial charge in [-0.3, -0.25) is 0 Å². The van der Waals surface area contributed by atoms with Gasteiger partial charge in [0.1, 0.15) is 0 Å². The van der Waals surface area contributed by atoms with E-state index in [-0.39, 0.29) is 0 Å². The van der Waals surface area contributed by atoms with E-state index >= 15 is 0 Å². The minimum atomic E-state index is 0.874. The minimum Gasteiger partial charge on any atom is -0.0654 e. The van der Waals surface area contributed by atoms with E-state index in [4.69, 9.17) is 6.92 Å². The van der Waals surface area contributed by atoms with Crippen LogP contribution in [-0.4, -0.2) is 0 Å². The first kappa shape index (κ1) is 25.0. The highest BCUT2D eigenvalue weighted by molar-refractivity contribution is 4.51. The predicted molar refractivity (Wildman–Crippen MR) is 116 cm³/mol. The summed E-state index contributed by atoms with van der Waals surface area (Å²) in [7, 11) is 0. The van der Waals surface area contributed by atoms with Crippen molar-refractivity contribution >= 4 is 0 Å². The molecule has 0 heteroatoms. The second-order valence-electron chi connectivity index (χ2n) is 8.21. The van der Waals surface area contributed by atoms with Gasteiger partial charge in [-0.25, -0.2) is 0 Å². The summed E-state index contributed by atoms with van der Waals surface area (Å²) in [5, 5.41) is 0. The smallest absolute Gasteiger partial charge is 0.0352 e. The van der Waals surface area contributed by atoms with Gasteiger partial charge in [-0.15, -0.1) is 0 Å². The SMILES string of the molecule is [CH]CCCCCCCCCCCCCCCCCCCCCCCC. The second-order valence-corrected chi connectivity index (χ2v) is 8.21. The van der Waals surface area contributed by atoms with Crippen molar-refractivity contribution in [3.8, 4) is 0 Å². The zero-order valence-electron chi connectivity index (χ0n) is 17.8. The van der Waals surface area contributed by atoms with Crippen molar-refractivity contribution in [3.05, 3.63) is 6.92 Å². The third-order valence-electron chi connectivity index (χ3n) is 5.56. The Morgan fingerprint density at radius 3 is 0.720 bits per heavy atom. The molecule has 0 unspecified atom stereocenters. The first-order valence-electron chi connectivity index (χ1n) is 12.1. The third-order valence-corrected chi connectivity index (χ3v) is 5.56. The summed E-state index contributed by atoms with van der Waals surface area (Å²) in [6, 6.07) is 0. The van der Waals surface area contributed by atoms with Crippen molar-refractivity contribution in [2.75, 3.05) is 0 Å². The quantitative estimate of drug-likeness (QED) is 0.170. The second kappa shape index (κ2) is 24.0. The predicted octanol–water partition coefficient (Wildman–Crippen LogP) is 9.69. The molecule has 0 aliphatic rings. The molecule has 0 nitrogen and oxygen atoms in total. The fourth-order valence-electron chi connectivity index (χ4n) is 3.75. The van der Waals surface area contributed by atoms with Crippen LogP contribution in [0.5, 0.6) is 0 Å². The summed E-state index contributed by atoms with van der Waals surface area (Å²) in [6.45, 7) is 7.81. The van der Waals surface area contributed by atoms with Crippen molar-refractivity contribution in [1.82, 2.24) is 0 Å². The van der Waals surface area contributed by atoms with Crippen LogP contribution >= 0.6 is 0 Å². The Labute approximate surface area is 161 Å². The largest absolute Gasteiger partial charge is 0.0654 e. The standard InChI is InChI=1S/C25H50/c1-3-5-7-9-11-13-15-17-19-21-23-25-24-22-20-18-16-14-12-10-8-6-4-2/h1H,3-25H2,2H3. The molecule has 0 aliphatic heterocycles. The van der Waals surface area contributed by atoms with Gasteiger partial charge in [0.25, 0.3) is 0 Å². The van der Waals surface area contributed by atoms with Gasteiger partial charge < -0.3 is 0 Å². The van der Waals surface area contributed by atoms with Crippen LogP contribution in [0.1, 0.15) is 155 Å². The minimum absolute atomic E-state index is 0.874. The molecule has 0 atom stereocenters. The first-order valence-corrected chi connectivity index (χ1v) is 12.1. The Kier molecular flexibility index (Phi) is 24.0. The van der Waals surface area contributed by atoms with E-state index in [1.165, 1.54) is 141 Å². The lowest BCUT2D eigenvalue weighted by molar-refractivity contribution is 0.519. The maximum atomic E-state index is 5.51. The zero-order valence-corrected chi connectivity index (χ0v) is 17.8. The summed E-state index contributed by atoms with van der Waals surface area (Å²) in [5.41, 5.74) is 0. The van der Waals surface area contributed by atoms with Gasteiger partial charge >= 0.3 is 0 Å². The summed E-state index contributed by atoms with van der Waals surface area (Å²) in [6.07, 6.45) is 32.7. The van der Waals surface area contributed by atoms with Crippen LogP contribution in [0.3, 0.4) is 0 Å². The Balaban J connectivity index is 2.94. The van der Waals surface area contributed by atoms with E-state index in [2.05, 4.69) is 6.92 Å². The Bertz CT molecular complexity index is 186. The van der Waals surface area contributed by atoms with Crippen LogP contribution in [0.4, 0.5) is 0 Å². The molecule has 0 saturated carbocycles. The molecule has 0 saturated heterocycles. The molecular weight excluding hydrogens is 300 g/mol. The van der Waals surface area contributed by atoms with Gasteiger partial charge in [-0.1, -0.05) is 148 Å². The van der Waals surface area contributed by atoms with Crippen molar-refractivity contribution in [2.45, 2.75) is 155 Å². The Hall–Kier alpha value is 0. The van der Waals surface area contributed by atoms with E-state index in [0.717, 1.165) is 6.42 Å². The summed E-state index contributed by atoms with van der Waals surface area (Å²) >= 11 is 0. The molecule has 0 rings (SSSR count). The fraction of sp³-hybridized carbons (Fsp3) is 0.960. The van der Waals surface area contributed by atoms with Gasteiger partial charge in [0, 0.05) is 0 Å². The van der Waals surface area contributed by atoms with Crippen LogP contribution in [0.25, 0.3) is 0 Å².